The highest BCUT2D eigenvalue weighted by molar-refractivity contribution is 5.88. The van der Waals surface area contributed by atoms with E-state index in [1.54, 1.807) is 6.20 Å². The van der Waals surface area contributed by atoms with Crippen molar-refractivity contribution in [3.05, 3.63) is 90.1 Å². The Balaban J connectivity index is 1.44. The average Bonchev–Trinajstić information content (AvgIpc) is 2.81. The first-order valence-corrected chi connectivity index (χ1v) is 10.3. The van der Waals surface area contributed by atoms with E-state index in [-0.39, 0.29) is 24.8 Å². The normalized spacial score (nSPS) is 11.9. The summed E-state index contributed by atoms with van der Waals surface area (Å²) in [4.78, 5) is 29.3. The summed E-state index contributed by atoms with van der Waals surface area (Å²) in [7, 11) is 1.37. The summed E-state index contributed by atoms with van der Waals surface area (Å²) < 4.78 is 4.98. The molecule has 0 aliphatic heterocycles. The number of fused-ring (bicyclic) bond motifs is 2. The lowest BCUT2D eigenvalue weighted by atomic mass is 9.97. The van der Waals surface area contributed by atoms with Crippen molar-refractivity contribution in [1.82, 2.24) is 10.3 Å². The largest absolute Gasteiger partial charge is 0.469 e. The van der Waals surface area contributed by atoms with Gasteiger partial charge in [0.2, 0.25) is 5.91 Å². The molecule has 0 saturated heterocycles. The molecule has 0 bridgehead atoms. The molecule has 0 aliphatic carbocycles. The third-order valence-electron chi connectivity index (χ3n) is 5.44. The lowest BCUT2D eigenvalue weighted by molar-refractivity contribution is -0.145. The monoisotopic (exact) mass is 412 g/mol. The summed E-state index contributed by atoms with van der Waals surface area (Å²) in [5.74, 6) is -0.938. The van der Waals surface area contributed by atoms with Crippen molar-refractivity contribution in [3.63, 3.8) is 0 Å². The van der Waals surface area contributed by atoms with Crippen LogP contribution in [0.2, 0.25) is 0 Å². The van der Waals surface area contributed by atoms with Crippen LogP contribution in [0.5, 0.6) is 0 Å². The van der Waals surface area contributed by atoms with Crippen LogP contribution in [0.3, 0.4) is 0 Å². The molecule has 3 aromatic carbocycles. The van der Waals surface area contributed by atoms with Gasteiger partial charge in [0.15, 0.2) is 0 Å². The second-order valence-electron chi connectivity index (χ2n) is 7.58. The van der Waals surface area contributed by atoms with Crippen molar-refractivity contribution in [2.45, 2.75) is 12.8 Å². The van der Waals surface area contributed by atoms with Crippen LogP contribution in [0.25, 0.3) is 21.7 Å². The number of nitrogens with zero attached hydrogens (tertiary/aromatic N) is 1. The zero-order valence-electron chi connectivity index (χ0n) is 17.4. The first kappa shape index (κ1) is 20.5. The molecule has 1 aromatic heterocycles. The molecule has 1 N–H and O–H groups in total. The Kier molecular flexibility index (Phi) is 6.22. The van der Waals surface area contributed by atoms with Gasteiger partial charge in [0.1, 0.15) is 0 Å². The molecule has 5 nitrogen and oxygen atoms in total. The quantitative estimate of drug-likeness (QED) is 0.465. The highest BCUT2D eigenvalue weighted by Gasteiger charge is 2.21. The fourth-order valence-corrected chi connectivity index (χ4v) is 3.84. The number of esters is 1. The Hall–Kier alpha value is -3.73. The van der Waals surface area contributed by atoms with E-state index in [2.05, 4.69) is 22.4 Å². The molecular formula is C26H24N2O3. The van der Waals surface area contributed by atoms with E-state index in [4.69, 9.17) is 4.74 Å². The topological polar surface area (TPSA) is 68.3 Å². The van der Waals surface area contributed by atoms with E-state index in [1.165, 1.54) is 7.11 Å². The summed E-state index contributed by atoms with van der Waals surface area (Å²) >= 11 is 0. The summed E-state index contributed by atoms with van der Waals surface area (Å²) in [5, 5.41) is 6.17. The Morgan fingerprint density at radius 2 is 1.71 bits per heavy atom. The van der Waals surface area contributed by atoms with E-state index in [9.17, 15) is 9.59 Å². The van der Waals surface area contributed by atoms with Gasteiger partial charge < -0.3 is 10.1 Å². The highest BCUT2D eigenvalue weighted by atomic mass is 16.5. The number of nitrogens with one attached hydrogen (secondary N) is 1. The second kappa shape index (κ2) is 9.39. The van der Waals surface area contributed by atoms with Gasteiger partial charge in [-0.25, -0.2) is 0 Å². The number of ether oxygens (including phenoxy) is 1. The number of hydrogen-bond acceptors (Lipinski definition) is 4. The molecule has 1 unspecified atom stereocenters. The number of rotatable bonds is 7. The predicted octanol–water partition coefficient (Wildman–Crippen LogP) is 4.08. The SMILES string of the molecule is COC(=O)C(CNC(=O)Cc1cccc2cccnc12)Cc1ccc2ccccc2c1. The first-order valence-electron chi connectivity index (χ1n) is 10.3. The third-order valence-corrected chi connectivity index (χ3v) is 5.44. The van der Waals surface area contributed by atoms with Crippen LogP contribution in [0.15, 0.2) is 79.0 Å². The van der Waals surface area contributed by atoms with Crippen molar-refractivity contribution in [1.29, 1.82) is 0 Å². The lowest BCUT2D eigenvalue weighted by Crippen LogP contribution is -2.35. The van der Waals surface area contributed by atoms with E-state index >= 15 is 0 Å². The van der Waals surface area contributed by atoms with Gasteiger partial charge in [-0.15, -0.1) is 0 Å². The third kappa shape index (κ3) is 4.89. The van der Waals surface area contributed by atoms with Gasteiger partial charge >= 0.3 is 5.97 Å². The van der Waals surface area contributed by atoms with E-state index in [0.717, 1.165) is 32.8 Å². The smallest absolute Gasteiger partial charge is 0.310 e. The van der Waals surface area contributed by atoms with E-state index in [0.29, 0.717) is 6.42 Å². The van der Waals surface area contributed by atoms with Crippen molar-refractivity contribution in [2.24, 2.45) is 5.92 Å². The summed E-state index contributed by atoms with van der Waals surface area (Å²) in [5.41, 5.74) is 2.71. The number of para-hydroxylation sites is 1. The van der Waals surface area contributed by atoms with E-state index < -0.39 is 5.92 Å². The van der Waals surface area contributed by atoms with Crippen molar-refractivity contribution in [3.8, 4) is 0 Å². The number of hydrogen-bond donors (Lipinski definition) is 1. The zero-order chi connectivity index (χ0) is 21.6. The lowest BCUT2D eigenvalue weighted by Gasteiger charge is -2.16. The Labute approximate surface area is 181 Å². The summed E-state index contributed by atoms with van der Waals surface area (Å²) in [6.07, 6.45) is 2.42. The fraction of sp³-hybridized carbons (Fsp3) is 0.192. The molecule has 5 heteroatoms. The molecule has 4 aromatic rings. The molecule has 4 rings (SSSR count). The predicted molar refractivity (Wildman–Crippen MR) is 122 cm³/mol. The van der Waals surface area contributed by atoms with Crippen LogP contribution in [-0.2, 0) is 27.2 Å². The number of aromatic nitrogens is 1. The minimum Gasteiger partial charge on any atom is -0.469 e. The van der Waals surface area contributed by atoms with Gasteiger partial charge in [0.05, 0.1) is 25.0 Å². The maximum atomic E-state index is 12.6. The minimum absolute atomic E-state index is 0.148. The Bertz CT molecular complexity index is 1230. The Morgan fingerprint density at radius 3 is 2.55 bits per heavy atom. The van der Waals surface area contributed by atoms with Gasteiger partial charge in [-0.1, -0.05) is 66.7 Å². The van der Waals surface area contributed by atoms with Crippen molar-refractivity contribution >= 4 is 33.6 Å². The van der Waals surface area contributed by atoms with Crippen LogP contribution >= 0.6 is 0 Å². The molecule has 156 valence electrons. The van der Waals surface area contributed by atoms with Gasteiger partial charge in [-0.3, -0.25) is 14.6 Å². The van der Waals surface area contributed by atoms with Crippen LogP contribution < -0.4 is 5.32 Å². The molecular weight excluding hydrogens is 388 g/mol. The van der Waals surface area contributed by atoms with Crippen LogP contribution in [0.4, 0.5) is 0 Å². The number of carbonyl (C=O) groups is 2. The maximum absolute atomic E-state index is 12.6. The molecule has 0 spiro atoms. The van der Waals surface area contributed by atoms with Crippen LogP contribution in [0.1, 0.15) is 11.1 Å². The number of benzene rings is 3. The highest BCUT2D eigenvalue weighted by Crippen LogP contribution is 2.19. The maximum Gasteiger partial charge on any atom is 0.310 e. The molecule has 0 aliphatic rings. The van der Waals surface area contributed by atoms with Crippen molar-refractivity contribution in [2.75, 3.05) is 13.7 Å². The fourth-order valence-electron chi connectivity index (χ4n) is 3.84. The van der Waals surface area contributed by atoms with E-state index in [1.807, 2.05) is 60.7 Å². The van der Waals surface area contributed by atoms with Gasteiger partial charge in [0, 0.05) is 18.1 Å². The van der Waals surface area contributed by atoms with Gasteiger partial charge in [0.25, 0.3) is 0 Å². The standard InChI is InChI=1S/C26H24N2O3/c1-31-26(30)23(15-18-11-12-19-6-2-3-7-21(19)14-18)17-28-24(29)16-22-9-4-8-20-10-5-13-27-25(20)22/h2-14,23H,15-17H2,1H3,(H,28,29). The summed E-state index contributed by atoms with van der Waals surface area (Å²) in [6.45, 7) is 0.219. The molecule has 0 saturated carbocycles. The minimum atomic E-state index is -0.458. The number of amides is 1. The number of methoxy groups -OCH3 is 1. The molecule has 0 fully saturated rings. The summed E-state index contributed by atoms with van der Waals surface area (Å²) in [6, 6.07) is 23.9. The number of pyridine rings is 1. The average molecular weight is 412 g/mol. The molecule has 31 heavy (non-hydrogen) atoms. The molecule has 1 heterocycles. The molecule has 1 atom stereocenters. The second-order valence-corrected chi connectivity index (χ2v) is 7.58. The van der Waals surface area contributed by atoms with Crippen LogP contribution in [-0.4, -0.2) is 30.5 Å². The Morgan fingerprint density at radius 1 is 0.935 bits per heavy atom. The van der Waals surface area contributed by atoms with Crippen LogP contribution in [0, 0.1) is 5.92 Å². The van der Waals surface area contributed by atoms with Crippen molar-refractivity contribution < 1.29 is 14.3 Å². The van der Waals surface area contributed by atoms with Gasteiger partial charge in [-0.2, -0.15) is 0 Å². The van der Waals surface area contributed by atoms with Gasteiger partial charge in [-0.05, 0) is 34.4 Å². The first-order chi connectivity index (χ1) is 15.1. The zero-order valence-corrected chi connectivity index (χ0v) is 17.4. The number of carbonyl (C=O) groups excluding carboxylic acids is 2. The molecule has 0 radical (unpaired) electrons. The molecule has 1 amide bonds.